The van der Waals surface area contributed by atoms with Gasteiger partial charge < -0.3 is 15.2 Å². The summed E-state index contributed by atoms with van der Waals surface area (Å²) in [5.41, 5.74) is 8.02. The Kier molecular flexibility index (Phi) is 4.42. The van der Waals surface area contributed by atoms with Crippen molar-refractivity contribution >= 4 is 0 Å². The van der Waals surface area contributed by atoms with Gasteiger partial charge in [0.25, 0.3) is 0 Å². The van der Waals surface area contributed by atoms with Crippen LogP contribution in [0.25, 0.3) is 0 Å². The van der Waals surface area contributed by atoms with Crippen molar-refractivity contribution in [1.82, 2.24) is 0 Å². The third-order valence-corrected chi connectivity index (χ3v) is 2.94. The highest BCUT2D eigenvalue weighted by Crippen LogP contribution is 2.24. The summed E-state index contributed by atoms with van der Waals surface area (Å²) in [5.74, 6) is 1.67. The fourth-order valence-electron chi connectivity index (χ4n) is 1.91. The molecule has 0 fully saturated rings. The Morgan fingerprint density at radius 2 is 1.89 bits per heavy atom. The molecule has 0 aliphatic heterocycles. The highest BCUT2D eigenvalue weighted by atomic mass is 16.5. The molecule has 0 aliphatic carbocycles. The van der Waals surface area contributed by atoms with Gasteiger partial charge >= 0.3 is 0 Å². The highest BCUT2D eigenvalue weighted by molar-refractivity contribution is 5.36. The van der Waals surface area contributed by atoms with Gasteiger partial charge in [-0.2, -0.15) is 0 Å². The van der Waals surface area contributed by atoms with Gasteiger partial charge in [0.05, 0.1) is 7.11 Å². The van der Waals surface area contributed by atoms with Gasteiger partial charge in [0.1, 0.15) is 18.1 Å². The lowest BCUT2D eigenvalue weighted by Gasteiger charge is -2.14. The average Bonchev–Trinajstić information content (AvgIpc) is 2.45. The number of benzene rings is 2. The molecule has 2 aromatic carbocycles. The van der Waals surface area contributed by atoms with Crippen molar-refractivity contribution < 1.29 is 9.47 Å². The fourth-order valence-corrected chi connectivity index (χ4v) is 1.91. The van der Waals surface area contributed by atoms with E-state index in [-0.39, 0.29) is 6.04 Å². The monoisotopic (exact) mass is 257 g/mol. The first-order valence-corrected chi connectivity index (χ1v) is 6.31. The second-order valence-electron chi connectivity index (χ2n) is 4.47. The van der Waals surface area contributed by atoms with E-state index in [1.54, 1.807) is 7.11 Å². The summed E-state index contributed by atoms with van der Waals surface area (Å²) in [7, 11) is 1.66. The minimum absolute atomic E-state index is 0.0403. The van der Waals surface area contributed by atoms with Crippen LogP contribution in [-0.4, -0.2) is 7.11 Å². The van der Waals surface area contributed by atoms with Crippen LogP contribution in [0.1, 0.15) is 24.1 Å². The molecule has 0 radical (unpaired) electrons. The summed E-state index contributed by atoms with van der Waals surface area (Å²) in [6.45, 7) is 2.45. The normalized spacial score (nSPS) is 11.9. The Balaban J connectivity index is 2.10. The zero-order chi connectivity index (χ0) is 13.7. The van der Waals surface area contributed by atoms with Crippen LogP contribution in [0.15, 0.2) is 48.5 Å². The van der Waals surface area contributed by atoms with Gasteiger partial charge in [-0.1, -0.05) is 30.3 Å². The van der Waals surface area contributed by atoms with E-state index in [1.165, 1.54) is 0 Å². The van der Waals surface area contributed by atoms with Crippen LogP contribution in [-0.2, 0) is 6.61 Å². The smallest absolute Gasteiger partial charge is 0.124 e. The maximum atomic E-state index is 5.93. The van der Waals surface area contributed by atoms with E-state index in [4.69, 9.17) is 15.2 Å². The third kappa shape index (κ3) is 3.48. The van der Waals surface area contributed by atoms with Gasteiger partial charge in [0, 0.05) is 11.6 Å². The number of rotatable bonds is 5. The molecule has 0 aromatic heterocycles. The first-order chi connectivity index (χ1) is 9.20. The Hall–Kier alpha value is -2.00. The van der Waals surface area contributed by atoms with E-state index in [0.717, 1.165) is 22.6 Å². The van der Waals surface area contributed by atoms with Gasteiger partial charge in [-0.25, -0.2) is 0 Å². The second-order valence-corrected chi connectivity index (χ2v) is 4.47. The Morgan fingerprint density at radius 1 is 1.11 bits per heavy atom. The molecule has 0 saturated carbocycles. The lowest BCUT2D eigenvalue weighted by atomic mass is 10.1. The summed E-state index contributed by atoms with van der Waals surface area (Å²) >= 11 is 0. The number of hydrogen-bond acceptors (Lipinski definition) is 3. The number of ether oxygens (including phenoxy) is 2. The maximum absolute atomic E-state index is 5.93. The Morgan fingerprint density at radius 3 is 2.63 bits per heavy atom. The summed E-state index contributed by atoms with van der Waals surface area (Å²) in [4.78, 5) is 0. The lowest BCUT2D eigenvalue weighted by molar-refractivity contribution is 0.300. The lowest BCUT2D eigenvalue weighted by Crippen LogP contribution is -2.08. The minimum atomic E-state index is -0.0403. The molecule has 0 spiro atoms. The molecule has 3 heteroatoms. The molecular weight excluding hydrogens is 238 g/mol. The van der Waals surface area contributed by atoms with E-state index in [0.29, 0.717) is 6.61 Å². The standard InChI is InChI=1S/C16H19NO2/c1-12(17)15-8-3-4-9-16(15)19-11-13-6-5-7-14(10-13)18-2/h3-10,12H,11,17H2,1-2H3. The van der Waals surface area contributed by atoms with Crippen LogP contribution in [0.4, 0.5) is 0 Å². The molecule has 0 heterocycles. The van der Waals surface area contributed by atoms with Crippen molar-refractivity contribution in [2.45, 2.75) is 19.6 Å². The Labute approximate surface area is 114 Å². The third-order valence-electron chi connectivity index (χ3n) is 2.94. The molecule has 2 rings (SSSR count). The van der Waals surface area contributed by atoms with Crippen LogP contribution >= 0.6 is 0 Å². The first kappa shape index (κ1) is 13.4. The number of nitrogens with two attached hydrogens (primary N) is 1. The van der Waals surface area contributed by atoms with E-state index in [2.05, 4.69) is 0 Å². The second kappa shape index (κ2) is 6.25. The van der Waals surface area contributed by atoms with Gasteiger partial charge in [-0.3, -0.25) is 0 Å². The molecule has 2 N–H and O–H groups in total. The average molecular weight is 257 g/mol. The summed E-state index contributed by atoms with van der Waals surface area (Å²) < 4.78 is 11.0. The molecule has 0 bridgehead atoms. The van der Waals surface area contributed by atoms with Crippen LogP contribution in [0.3, 0.4) is 0 Å². The number of methoxy groups -OCH3 is 1. The highest BCUT2D eigenvalue weighted by Gasteiger charge is 2.07. The number of hydrogen-bond donors (Lipinski definition) is 1. The predicted octanol–water partition coefficient (Wildman–Crippen LogP) is 3.29. The molecule has 100 valence electrons. The van der Waals surface area contributed by atoms with Crippen LogP contribution in [0.2, 0.25) is 0 Å². The van der Waals surface area contributed by atoms with Crippen LogP contribution < -0.4 is 15.2 Å². The van der Waals surface area contributed by atoms with Crippen molar-refractivity contribution in [1.29, 1.82) is 0 Å². The molecule has 0 amide bonds. The zero-order valence-electron chi connectivity index (χ0n) is 11.3. The van der Waals surface area contributed by atoms with Crippen molar-refractivity contribution in [2.24, 2.45) is 5.73 Å². The van der Waals surface area contributed by atoms with E-state index >= 15 is 0 Å². The first-order valence-electron chi connectivity index (χ1n) is 6.31. The van der Waals surface area contributed by atoms with Crippen LogP contribution in [0.5, 0.6) is 11.5 Å². The molecular formula is C16H19NO2. The molecule has 0 aliphatic rings. The summed E-state index contributed by atoms with van der Waals surface area (Å²) in [5, 5.41) is 0. The van der Waals surface area contributed by atoms with E-state index in [1.807, 2.05) is 55.5 Å². The molecule has 19 heavy (non-hydrogen) atoms. The molecule has 3 nitrogen and oxygen atoms in total. The van der Waals surface area contributed by atoms with Gasteiger partial charge in [0.2, 0.25) is 0 Å². The van der Waals surface area contributed by atoms with E-state index < -0.39 is 0 Å². The van der Waals surface area contributed by atoms with Crippen molar-refractivity contribution in [3.8, 4) is 11.5 Å². The molecule has 0 saturated heterocycles. The number of para-hydroxylation sites is 1. The molecule has 1 unspecified atom stereocenters. The van der Waals surface area contributed by atoms with Gasteiger partial charge in [0.15, 0.2) is 0 Å². The maximum Gasteiger partial charge on any atom is 0.124 e. The van der Waals surface area contributed by atoms with Gasteiger partial charge in [-0.05, 0) is 30.7 Å². The largest absolute Gasteiger partial charge is 0.497 e. The predicted molar refractivity (Wildman–Crippen MR) is 76.4 cm³/mol. The molecule has 2 aromatic rings. The summed E-state index contributed by atoms with van der Waals surface area (Å²) in [6.07, 6.45) is 0. The topological polar surface area (TPSA) is 44.5 Å². The SMILES string of the molecule is COc1cccc(COc2ccccc2C(C)N)c1. The van der Waals surface area contributed by atoms with Crippen molar-refractivity contribution in [2.75, 3.05) is 7.11 Å². The van der Waals surface area contributed by atoms with Gasteiger partial charge in [-0.15, -0.1) is 0 Å². The fraction of sp³-hybridized carbons (Fsp3) is 0.250. The Bertz CT molecular complexity index is 538. The van der Waals surface area contributed by atoms with Crippen LogP contribution in [0, 0.1) is 0 Å². The van der Waals surface area contributed by atoms with Crippen molar-refractivity contribution in [3.63, 3.8) is 0 Å². The minimum Gasteiger partial charge on any atom is -0.497 e. The van der Waals surface area contributed by atoms with E-state index in [9.17, 15) is 0 Å². The van der Waals surface area contributed by atoms with Crippen molar-refractivity contribution in [3.05, 3.63) is 59.7 Å². The summed E-state index contributed by atoms with van der Waals surface area (Å²) in [6, 6.07) is 15.7. The zero-order valence-corrected chi connectivity index (χ0v) is 11.3. The quantitative estimate of drug-likeness (QED) is 0.893. The molecule has 1 atom stereocenters.